The third-order valence-electron chi connectivity index (χ3n) is 3.75. The van der Waals surface area contributed by atoms with E-state index in [0.29, 0.717) is 29.8 Å². The summed E-state index contributed by atoms with van der Waals surface area (Å²) in [4.78, 5) is 20.4. The van der Waals surface area contributed by atoms with E-state index in [-0.39, 0.29) is 18.4 Å². The van der Waals surface area contributed by atoms with Crippen molar-refractivity contribution in [2.45, 2.75) is 39.7 Å². The molecule has 25 heavy (non-hydrogen) atoms. The van der Waals surface area contributed by atoms with E-state index in [1.54, 1.807) is 20.0 Å². The summed E-state index contributed by atoms with van der Waals surface area (Å²) >= 11 is 0. The van der Waals surface area contributed by atoms with E-state index in [9.17, 15) is 4.79 Å². The minimum Gasteiger partial charge on any atom is -0.441 e. The number of hydrogen-bond donors (Lipinski definition) is 1. The lowest BCUT2D eigenvalue weighted by molar-refractivity contribution is -0.121. The number of carbonyl (C=O) groups is 1. The largest absolute Gasteiger partial charge is 0.441 e. The quantitative estimate of drug-likeness (QED) is 0.741. The van der Waals surface area contributed by atoms with Crippen LogP contribution in [0.3, 0.4) is 0 Å². The summed E-state index contributed by atoms with van der Waals surface area (Å²) in [6.07, 6.45) is 2.38. The average Bonchev–Trinajstić information content (AvgIpc) is 3.23. The maximum atomic E-state index is 12.1. The standard InChI is InChI=1S/C18H20N4O3/c1-11-4-6-14(7-5-11)15-10-19-17(24-15)9-8-16(23)20-12(2)18-21-13(3)22-25-18/h4-7,10,12H,8-9H2,1-3H3,(H,20,23)/t12-/m0/s1. The topological polar surface area (TPSA) is 94.1 Å². The fraction of sp³-hybridized carbons (Fsp3) is 0.333. The summed E-state index contributed by atoms with van der Waals surface area (Å²) in [5.74, 6) is 2.04. The highest BCUT2D eigenvalue weighted by Crippen LogP contribution is 2.21. The van der Waals surface area contributed by atoms with Gasteiger partial charge in [-0.3, -0.25) is 4.79 Å². The van der Waals surface area contributed by atoms with Gasteiger partial charge in [0.05, 0.1) is 6.20 Å². The molecule has 7 nitrogen and oxygen atoms in total. The van der Waals surface area contributed by atoms with Crippen molar-refractivity contribution in [2.24, 2.45) is 0 Å². The van der Waals surface area contributed by atoms with E-state index >= 15 is 0 Å². The van der Waals surface area contributed by atoms with Crippen LogP contribution in [0.2, 0.25) is 0 Å². The lowest BCUT2D eigenvalue weighted by Crippen LogP contribution is -2.27. The number of amides is 1. The lowest BCUT2D eigenvalue weighted by atomic mass is 10.1. The summed E-state index contributed by atoms with van der Waals surface area (Å²) in [6.45, 7) is 5.56. The van der Waals surface area contributed by atoms with Gasteiger partial charge in [0.2, 0.25) is 11.8 Å². The van der Waals surface area contributed by atoms with Gasteiger partial charge in [-0.1, -0.05) is 35.0 Å². The molecule has 0 aliphatic carbocycles. The van der Waals surface area contributed by atoms with Crippen LogP contribution in [0, 0.1) is 13.8 Å². The van der Waals surface area contributed by atoms with Crippen molar-refractivity contribution in [1.82, 2.24) is 20.4 Å². The van der Waals surface area contributed by atoms with Crippen LogP contribution in [0.4, 0.5) is 0 Å². The van der Waals surface area contributed by atoms with Crippen LogP contribution in [0.15, 0.2) is 39.4 Å². The van der Waals surface area contributed by atoms with Crippen molar-refractivity contribution in [1.29, 1.82) is 0 Å². The van der Waals surface area contributed by atoms with Crippen LogP contribution in [-0.4, -0.2) is 21.0 Å². The molecular weight excluding hydrogens is 320 g/mol. The number of aromatic nitrogens is 3. The van der Waals surface area contributed by atoms with Crippen LogP contribution in [0.1, 0.15) is 42.6 Å². The molecule has 3 rings (SSSR count). The maximum absolute atomic E-state index is 12.1. The SMILES string of the molecule is Cc1ccc(-c2cnc(CCC(=O)N[C@@H](C)c3nc(C)no3)o2)cc1. The Morgan fingerprint density at radius 2 is 2.00 bits per heavy atom. The zero-order valence-corrected chi connectivity index (χ0v) is 14.4. The Labute approximate surface area is 145 Å². The number of nitrogens with one attached hydrogen (secondary N) is 1. The molecule has 0 aliphatic heterocycles. The maximum Gasteiger partial charge on any atom is 0.248 e. The van der Waals surface area contributed by atoms with Gasteiger partial charge in [-0.25, -0.2) is 4.98 Å². The first kappa shape index (κ1) is 16.9. The van der Waals surface area contributed by atoms with Crippen molar-refractivity contribution in [3.8, 4) is 11.3 Å². The Balaban J connectivity index is 1.53. The highest BCUT2D eigenvalue weighted by atomic mass is 16.5. The van der Waals surface area contributed by atoms with Crippen molar-refractivity contribution in [3.63, 3.8) is 0 Å². The van der Waals surface area contributed by atoms with Crippen molar-refractivity contribution >= 4 is 5.91 Å². The molecule has 0 spiro atoms. The van der Waals surface area contributed by atoms with Gasteiger partial charge in [0.1, 0.15) is 6.04 Å². The molecule has 0 saturated carbocycles. The number of hydrogen-bond acceptors (Lipinski definition) is 6. The number of rotatable bonds is 6. The van der Waals surface area contributed by atoms with E-state index in [0.717, 1.165) is 5.56 Å². The molecule has 0 unspecified atom stereocenters. The fourth-order valence-corrected chi connectivity index (χ4v) is 2.36. The van der Waals surface area contributed by atoms with Crippen molar-refractivity contribution < 1.29 is 13.7 Å². The molecule has 3 aromatic rings. The number of benzene rings is 1. The zero-order valence-electron chi connectivity index (χ0n) is 14.4. The molecule has 2 heterocycles. The van der Waals surface area contributed by atoms with Crippen molar-refractivity contribution in [2.75, 3.05) is 0 Å². The van der Waals surface area contributed by atoms with Crippen LogP contribution in [0.5, 0.6) is 0 Å². The van der Waals surface area contributed by atoms with E-state index in [1.165, 1.54) is 5.56 Å². The molecule has 2 aromatic heterocycles. The van der Waals surface area contributed by atoms with Crippen LogP contribution in [0.25, 0.3) is 11.3 Å². The third-order valence-corrected chi connectivity index (χ3v) is 3.75. The van der Waals surface area contributed by atoms with E-state index in [4.69, 9.17) is 8.94 Å². The van der Waals surface area contributed by atoms with Gasteiger partial charge in [-0.05, 0) is 20.8 Å². The van der Waals surface area contributed by atoms with E-state index < -0.39 is 0 Å². The first-order valence-electron chi connectivity index (χ1n) is 8.12. The first-order chi connectivity index (χ1) is 12.0. The Hall–Kier alpha value is -2.96. The van der Waals surface area contributed by atoms with Crippen LogP contribution in [-0.2, 0) is 11.2 Å². The summed E-state index contributed by atoms with van der Waals surface area (Å²) in [7, 11) is 0. The zero-order chi connectivity index (χ0) is 17.8. The summed E-state index contributed by atoms with van der Waals surface area (Å²) in [6, 6.07) is 7.68. The summed E-state index contributed by atoms with van der Waals surface area (Å²) in [5, 5.41) is 6.53. The molecule has 1 N–H and O–H groups in total. The first-order valence-corrected chi connectivity index (χ1v) is 8.12. The molecule has 0 saturated heterocycles. The molecule has 1 atom stereocenters. The normalized spacial score (nSPS) is 12.1. The minimum absolute atomic E-state index is 0.126. The number of oxazole rings is 1. The number of aryl methyl sites for hydroxylation is 3. The molecule has 0 radical (unpaired) electrons. The molecule has 130 valence electrons. The number of nitrogens with zero attached hydrogens (tertiary/aromatic N) is 3. The Kier molecular flexibility index (Phi) is 4.92. The molecule has 1 amide bonds. The highest BCUT2D eigenvalue weighted by Gasteiger charge is 2.16. The van der Waals surface area contributed by atoms with Gasteiger partial charge >= 0.3 is 0 Å². The summed E-state index contributed by atoms with van der Waals surface area (Å²) < 4.78 is 10.8. The Morgan fingerprint density at radius 3 is 2.68 bits per heavy atom. The summed E-state index contributed by atoms with van der Waals surface area (Å²) in [5.41, 5.74) is 2.15. The Bertz CT molecular complexity index is 851. The van der Waals surface area contributed by atoms with E-state index in [2.05, 4.69) is 20.4 Å². The smallest absolute Gasteiger partial charge is 0.248 e. The van der Waals surface area contributed by atoms with Crippen LogP contribution >= 0.6 is 0 Å². The minimum atomic E-state index is -0.332. The molecule has 1 aromatic carbocycles. The predicted molar refractivity (Wildman–Crippen MR) is 90.6 cm³/mol. The van der Waals surface area contributed by atoms with Gasteiger partial charge < -0.3 is 14.3 Å². The number of carbonyl (C=O) groups excluding carboxylic acids is 1. The van der Waals surface area contributed by atoms with Gasteiger partial charge in [-0.2, -0.15) is 4.98 Å². The molecule has 0 bridgehead atoms. The van der Waals surface area contributed by atoms with Crippen LogP contribution < -0.4 is 5.32 Å². The van der Waals surface area contributed by atoms with Gasteiger partial charge in [0.15, 0.2) is 17.5 Å². The predicted octanol–water partition coefficient (Wildman–Crippen LogP) is 3.15. The average molecular weight is 340 g/mol. The fourth-order valence-electron chi connectivity index (χ4n) is 2.36. The molecular formula is C18H20N4O3. The second kappa shape index (κ2) is 7.29. The van der Waals surface area contributed by atoms with Crippen molar-refractivity contribution in [3.05, 3.63) is 53.6 Å². The Morgan fingerprint density at radius 1 is 1.24 bits per heavy atom. The second-order valence-electron chi connectivity index (χ2n) is 5.95. The third kappa shape index (κ3) is 4.32. The van der Waals surface area contributed by atoms with Gasteiger partial charge in [0.25, 0.3) is 0 Å². The molecule has 0 fully saturated rings. The van der Waals surface area contributed by atoms with Gasteiger partial charge in [-0.15, -0.1) is 0 Å². The molecule has 7 heteroatoms. The lowest BCUT2D eigenvalue weighted by Gasteiger charge is -2.08. The van der Waals surface area contributed by atoms with E-state index in [1.807, 2.05) is 31.2 Å². The van der Waals surface area contributed by atoms with Gasteiger partial charge in [0, 0.05) is 18.4 Å². The second-order valence-corrected chi connectivity index (χ2v) is 5.95. The highest BCUT2D eigenvalue weighted by molar-refractivity contribution is 5.76. The molecule has 0 aliphatic rings. The monoisotopic (exact) mass is 340 g/mol.